The molecule has 0 aliphatic carbocycles. The number of benzene rings is 1. The first-order valence-electron chi connectivity index (χ1n) is 8.12. The number of carbonyl (C=O) groups is 3. The number of carbonyl (C=O) groups excluding carboxylic acids is 2. The Bertz CT molecular complexity index is 658. The van der Waals surface area contributed by atoms with Gasteiger partial charge in [-0.05, 0) is 19.4 Å². The summed E-state index contributed by atoms with van der Waals surface area (Å²) in [6, 6.07) is 6.72. The first-order valence-corrected chi connectivity index (χ1v) is 8.12. The molecule has 1 aromatic rings. The molecule has 0 saturated heterocycles. The molecule has 0 spiro atoms. The second kappa shape index (κ2) is 10.1. The molecule has 0 unspecified atom stereocenters. The molecular formula is C17H25N5O4. The van der Waals surface area contributed by atoms with Crippen molar-refractivity contribution < 1.29 is 19.5 Å². The highest BCUT2D eigenvalue weighted by Crippen LogP contribution is 2.04. The quantitative estimate of drug-likeness (QED) is 0.279. The number of carboxylic acid groups (broad SMARTS) is 1. The molecule has 0 fully saturated rings. The van der Waals surface area contributed by atoms with Gasteiger partial charge >= 0.3 is 5.97 Å². The van der Waals surface area contributed by atoms with Gasteiger partial charge in [0.1, 0.15) is 5.84 Å². The Balaban J connectivity index is 2.52. The van der Waals surface area contributed by atoms with E-state index in [0.29, 0.717) is 5.56 Å². The molecule has 9 nitrogen and oxygen atoms in total. The van der Waals surface area contributed by atoms with E-state index in [1.807, 2.05) is 0 Å². The predicted octanol–water partition coefficient (Wildman–Crippen LogP) is -0.502. The normalized spacial score (nSPS) is 10.4. The summed E-state index contributed by atoms with van der Waals surface area (Å²) < 4.78 is 0. The van der Waals surface area contributed by atoms with Crippen molar-refractivity contribution in [3.63, 3.8) is 0 Å². The van der Waals surface area contributed by atoms with Crippen molar-refractivity contribution in [2.24, 2.45) is 5.73 Å². The maximum atomic E-state index is 12.1. The number of nitrogens with two attached hydrogens (primary N) is 1. The van der Waals surface area contributed by atoms with Crippen molar-refractivity contribution in [2.75, 3.05) is 19.6 Å². The smallest absolute Gasteiger partial charge is 0.317 e. The van der Waals surface area contributed by atoms with E-state index < -0.39 is 5.97 Å². The second-order valence-corrected chi connectivity index (χ2v) is 6.00. The van der Waals surface area contributed by atoms with E-state index in [9.17, 15) is 14.4 Å². The Morgan fingerprint density at radius 2 is 1.81 bits per heavy atom. The lowest BCUT2D eigenvalue weighted by Crippen LogP contribution is -2.47. The molecule has 6 N–H and O–H groups in total. The summed E-state index contributed by atoms with van der Waals surface area (Å²) in [7, 11) is 0. The molecule has 0 bridgehead atoms. The number of nitrogens with one attached hydrogen (secondary N) is 3. The highest BCUT2D eigenvalue weighted by Gasteiger charge is 2.19. The average molecular weight is 363 g/mol. The monoisotopic (exact) mass is 363 g/mol. The Kier molecular flexibility index (Phi) is 8.23. The van der Waals surface area contributed by atoms with Crippen LogP contribution in [-0.4, -0.2) is 59.3 Å². The predicted molar refractivity (Wildman–Crippen MR) is 96.7 cm³/mol. The zero-order chi connectivity index (χ0) is 19.7. The van der Waals surface area contributed by atoms with Crippen molar-refractivity contribution in [1.29, 1.82) is 5.41 Å². The Labute approximate surface area is 152 Å². The van der Waals surface area contributed by atoms with E-state index >= 15 is 0 Å². The number of nitrogens with zero attached hydrogens (tertiary/aromatic N) is 1. The van der Waals surface area contributed by atoms with Crippen molar-refractivity contribution >= 4 is 23.6 Å². The van der Waals surface area contributed by atoms with Crippen LogP contribution in [-0.2, 0) is 20.9 Å². The molecule has 0 heterocycles. The van der Waals surface area contributed by atoms with Gasteiger partial charge in [0.25, 0.3) is 0 Å². The van der Waals surface area contributed by atoms with Crippen LogP contribution in [0.25, 0.3) is 0 Å². The minimum absolute atomic E-state index is 0.0248. The molecular weight excluding hydrogens is 338 g/mol. The highest BCUT2D eigenvalue weighted by molar-refractivity contribution is 5.94. The maximum Gasteiger partial charge on any atom is 0.317 e. The summed E-state index contributed by atoms with van der Waals surface area (Å²) in [6.07, 6.45) is 0. The standard InChI is InChI=1S/C17H25N5O4/c1-11(2)22(15(24)8-20-9-16(25)26)10-14(23)21-7-12-3-5-13(6-4-12)17(18)19/h3-6,11,20H,7-10H2,1-2H3,(H3,18,19)(H,21,23)(H,25,26). The van der Waals surface area contributed by atoms with E-state index in [2.05, 4.69) is 10.6 Å². The number of aliphatic carboxylic acids is 1. The van der Waals surface area contributed by atoms with E-state index in [0.717, 1.165) is 5.56 Å². The summed E-state index contributed by atoms with van der Waals surface area (Å²) in [6.45, 7) is 3.27. The minimum atomic E-state index is -1.05. The fourth-order valence-corrected chi connectivity index (χ4v) is 2.15. The lowest BCUT2D eigenvalue weighted by Gasteiger charge is -2.26. The van der Waals surface area contributed by atoms with E-state index in [-0.39, 0.29) is 49.9 Å². The SMILES string of the molecule is CC(C)N(CC(=O)NCc1ccc(C(=N)N)cc1)C(=O)CNCC(=O)O. The third kappa shape index (κ3) is 7.31. The van der Waals surface area contributed by atoms with Crippen LogP contribution in [0.4, 0.5) is 0 Å². The number of carboxylic acids is 1. The van der Waals surface area contributed by atoms with Crippen LogP contribution >= 0.6 is 0 Å². The van der Waals surface area contributed by atoms with Gasteiger partial charge in [0, 0.05) is 18.2 Å². The summed E-state index contributed by atoms with van der Waals surface area (Å²) in [5, 5.41) is 21.2. The third-order valence-corrected chi connectivity index (χ3v) is 3.56. The molecule has 9 heteroatoms. The van der Waals surface area contributed by atoms with Gasteiger partial charge in [-0.1, -0.05) is 24.3 Å². The number of hydrogen-bond donors (Lipinski definition) is 5. The van der Waals surface area contributed by atoms with Gasteiger partial charge in [-0.2, -0.15) is 0 Å². The van der Waals surface area contributed by atoms with Crippen LogP contribution in [0.15, 0.2) is 24.3 Å². The average Bonchev–Trinajstić information content (AvgIpc) is 2.57. The van der Waals surface area contributed by atoms with Crippen LogP contribution in [0.5, 0.6) is 0 Å². The Morgan fingerprint density at radius 3 is 2.31 bits per heavy atom. The van der Waals surface area contributed by atoms with Crippen molar-refractivity contribution in [3.05, 3.63) is 35.4 Å². The molecule has 1 rings (SSSR count). The molecule has 0 aliphatic rings. The fourth-order valence-electron chi connectivity index (χ4n) is 2.15. The highest BCUT2D eigenvalue weighted by atomic mass is 16.4. The molecule has 0 saturated carbocycles. The van der Waals surface area contributed by atoms with E-state index in [1.165, 1.54) is 4.90 Å². The molecule has 2 amide bonds. The van der Waals surface area contributed by atoms with Gasteiger partial charge in [0.15, 0.2) is 0 Å². The first-order chi connectivity index (χ1) is 12.2. The van der Waals surface area contributed by atoms with Crippen LogP contribution in [0, 0.1) is 5.41 Å². The topological polar surface area (TPSA) is 149 Å². The van der Waals surface area contributed by atoms with Gasteiger partial charge in [-0.3, -0.25) is 25.1 Å². The number of amidine groups is 1. The zero-order valence-corrected chi connectivity index (χ0v) is 14.9. The van der Waals surface area contributed by atoms with E-state index in [4.69, 9.17) is 16.2 Å². The van der Waals surface area contributed by atoms with Gasteiger partial charge in [-0.25, -0.2) is 0 Å². The molecule has 26 heavy (non-hydrogen) atoms. The van der Waals surface area contributed by atoms with Gasteiger partial charge in [0.05, 0.1) is 19.6 Å². The molecule has 0 radical (unpaired) electrons. The van der Waals surface area contributed by atoms with Crippen LogP contribution < -0.4 is 16.4 Å². The van der Waals surface area contributed by atoms with Crippen molar-refractivity contribution in [2.45, 2.75) is 26.4 Å². The van der Waals surface area contributed by atoms with Gasteiger partial charge in [0.2, 0.25) is 11.8 Å². The first kappa shape index (κ1) is 21.1. The number of hydrogen-bond acceptors (Lipinski definition) is 5. The summed E-state index contributed by atoms with van der Waals surface area (Å²) >= 11 is 0. The Hall–Kier alpha value is -2.94. The molecule has 142 valence electrons. The Morgan fingerprint density at radius 1 is 1.19 bits per heavy atom. The summed E-state index contributed by atoms with van der Waals surface area (Å²) in [5.41, 5.74) is 6.83. The number of amides is 2. The van der Waals surface area contributed by atoms with Crippen LogP contribution in [0.3, 0.4) is 0 Å². The molecule has 0 aromatic heterocycles. The fraction of sp³-hybridized carbons (Fsp3) is 0.412. The van der Waals surface area contributed by atoms with E-state index in [1.54, 1.807) is 38.1 Å². The zero-order valence-electron chi connectivity index (χ0n) is 14.9. The van der Waals surface area contributed by atoms with Gasteiger partial charge < -0.3 is 21.1 Å². The molecule has 0 aliphatic heterocycles. The third-order valence-electron chi connectivity index (χ3n) is 3.56. The van der Waals surface area contributed by atoms with Crippen LogP contribution in [0.1, 0.15) is 25.0 Å². The van der Waals surface area contributed by atoms with Crippen molar-refractivity contribution in [1.82, 2.24) is 15.5 Å². The number of rotatable bonds is 10. The largest absolute Gasteiger partial charge is 0.480 e. The summed E-state index contributed by atoms with van der Waals surface area (Å²) in [5.74, 6) is -1.74. The number of nitrogen functional groups attached to an aromatic ring is 1. The lowest BCUT2D eigenvalue weighted by molar-refractivity contribution is -0.138. The lowest BCUT2D eigenvalue weighted by atomic mass is 10.1. The van der Waals surface area contributed by atoms with Crippen LogP contribution in [0.2, 0.25) is 0 Å². The summed E-state index contributed by atoms with van der Waals surface area (Å²) in [4.78, 5) is 36.1. The minimum Gasteiger partial charge on any atom is -0.480 e. The maximum absolute atomic E-state index is 12.1. The second-order valence-electron chi connectivity index (χ2n) is 6.00. The molecule has 1 aromatic carbocycles. The molecule has 0 atom stereocenters. The van der Waals surface area contributed by atoms with Crippen molar-refractivity contribution in [3.8, 4) is 0 Å². The van der Waals surface area contributed by atoms with Gasteiger partial charge in [-0.15, -0.1) is 0 Å².